The first kappa shape index (κ1) is 12.4. The Balaban J connectivity index is 1.96. The summed E-state index contributed by atoms with van der Waals surface area (Å²) in [5, 5.41) is 4.65. The second kappa shape index (κ2) is 4.20. The third-order valence-corrected chi connectivity index (χ3v) is 4.61. The molecule has 1 saturated carbocycles. The molecule has 1 fully saturated rings. The molecule has 0 aliphatic heterocycles. The summed E-state index contributed by atoms with van der Waals surface area (Å²) in [6.45, 7) is 5.35. The number of rotatable bonds is 3. The van der Waals surface area contributed by atoms with E-state index in [4.69, 9.17) is 5.73 Å². The number of aromatic nitrogens is 2. The highest BCUT2D eigenvalue weighted by Crippen LogP contribution is 2.63. The molecule has 0 saturated heterocycles. The molecule has 1 heterocycles. The molecule has 2 aromatic rings. The number of nitrogens with zero attached hydrogens (tertiary/aromatic N) is 2. The van der Waals surface area contributed by atoms with Crippen LogP contribution in [0.25, 0.3) is 11.3 Å². The highest BCUT2D eigenvalue weighted by Gasteiger charge is 2.58. The summed E-state index contributed by atoms with van der Waals surface area (Å²) < 4.78 is 2.02. The molecule has 1 aliphatic carbocycles. The lowest BCUT2D eigenvalue weighted by atomic mass is 10.1. The van der Waals surface area contributed by atoms with Crippen LogP contribution in [0.3, 0.4) is 0 Å². The van der Waals surface area contributed by atoms with E-state index in [0.29, 0.717) is 17.3 Å². The van der Waals surface area contributed by atoms with Gasteiger partial charge in [0.2, 0.25) is 0 Å². The Morgan fingerprint density at radius 1 is 1.26 bits per heavy atom. The zero-order valence-electron chi connectivity index (χ0n) is 11.8. The Bertz CT molecular complexity index is 583. The molecule has 1 aliphatic rings. The number of benzene rings is 1. The van der Waals surface area contributed by atoms with Crippen molar-refractivity contribution in [1.29, 1.82) is 0 Å². The van der Waals surface area contributed by atoms with Gasteiger partial charge in [-0.15, -0.1) is 0 Å². The number of hydrogen-bond donors (Lipinski definition) is 1. The van der Waals surface area contributed by atoms with Crippen LogP contribution < -0.4 is 5.73 Å². The van der Waals surface area contributed by atoms with Crippen molar-refractivity contribution in [2.75, 3.05) is 6.54 Å². The molecule has 19 heavy (non-hydrogen) atoms. The van der Waals surface area contributed by atoms with E-state index in [1.54, 1.807) is 0 Å². The lowest BCUT2D eigenvalue weighted by Gasteiger charge is -2.02. The van der Waals surface area contributed by atoms with Gasteiger partial charge in [-0.3, -0.25) is 4.68 Å². The van der Waals surface area contributed by atoms with Gasteiger partial charge in [0.25, 0.3) is 0 Å². The molecule has 0 spiro atoms. The Morgan fingerprint density at radius 3 is 2.53 bits per heavy atom. The smallest absolute Gasteiger partial charge is 0.0926 e. The van der Waals surface area contributed by atoms with E-state index in [1.165, 1.54) is 11.3 Å². The van der Waals surface area contributed by atoms with Crippen molar-refractivity contribution in [2.45, 2.75) is 19.8 Å². The highest BCUT2D eigenvalue weighted by molar-refractivity contribution is 5.59. The third kappa shape index (κ3) is 1.89. The molecule has 3 heteroatoms. The minimum Gasteiger partial charge on any atom is -0.330 e. The van der Waals surface area contributed by atoms with Gasteiger partial charge in [0, 0.05) is 24.2 Å². The maximum atomic E-state index is 5.88. The zero-order valence-corrected chi connectivity index (χ0v) is 11.8. The Hall–Kier alpha value is -1.61. The molecule has 0 unspecified atom stereocenters. The van der Waals surface area contributed by atoms with E-state index in [9.17, 15) is 0 Å². The fourth-order valence-electron chi connectivity index (χ4n) is 3.29. The van der Waals surface area contributed by atoms with Crippen LogP contribution in [0.5, 0.6) is 0 Å². The monoisotopic (exact) mass is 255 g/mol. The maximum Gasteiger partial charge on any atom is 0.0926 e. The second-order valence-corrected chi connectivity index (χ2v) is 6.09. The van der Waals surface area contributed by atoms with Crippen molar-refractivity contribution >= 4 is 0 Å². The van der Waals surface area contributed by atoms with Crippen molar-refractivity contribution in [3.8, 4) is 11.3 Å². The molecule has 100 valence electrons. The van der Waals surface area contributed by atoms with Crippen molar-refractivity contribution in [2.24, 2.45) is 24.1 Å². The summed E-state index contributed by atoms with van der Waals surface area (Å²) in [6, 6.07) is 12.6. The molecule has 1 aromatic carbocycles. The zero-order chi connectivity index (χ0) is 13.6. The van der Waals surface area contributed by atoms with E-state index >= 15 is 0 Å². The average Bonchev–Trinajstić information content (AvgIpc) is 2.75. The van der Waals surface area contributed by atoms with E-state index in [1.807, 2.05) is 29.9 Å². The van der Waals surface area contributed by atoms with Gasteiger partial charge in [-0.2, -0.15) is 5.10 Å². The molecule has 1 aromatic heterocycles. The summed E-state index contributed by atoms with van der Waals surface area (Å²) in [5.74, 6) is 1.11. The summed E-state index contributed by atoms with van der Waals surface area (Å²) in [6.07, 6.45) is 0. The van der Waals surface area contributed by atoms with Crippen LogP contribution in [0.1, 0.15) is 25.5 Å². The van der Waals surface area contributed by atoms with Gasteiger partial charge >= 0.3 is 0 Å². The van der Waals surface area contributed by atoms with Crippen LogP contribution in [0.15, 0.2) is 36.4 Å². The van der Waals surface area contributed by atoms with Gasteiger partial charge in [-0.1, -0.05) is 44.2 Å². The van der Waals surface area contributed by atoms with Gasteiger partial charge in [-0.05, 0) is 23.9 Å². The van der Waals surface area contributed by atoms with Crippen LogP contribution in [0.2, 0.25) is 0 Å². The van der Waals surface area contributed by atoms with Crippen molar-refractivity contribution in [1.82, 2.24) is 9.78 Å². The van der Waals surface area contributed by atoms with Crippen LogP contribution in [-0.4, -0.2) is 16.3 Å². The summed E-state index contributed by atoms with van der Waals surface area (Å²) in [4.78, 5) is 0. The molecule has 2 N–H and O–H groups in total. The number of nitrogens with two attached hydrogens (primary N) is 1. The molecule has 2 atom stereocenters. The minimum atomic E-state index is 0.302. The molecular formula is C16H21N3. The Morgan fingerprint density at radius 2 is 1.95 bits per heavy atom. The summed E-state index contributed by atoms with van der Waals surface area (Å²) in [7, 11) is 2.03. The molecule has 0 radical (unpaired) electrons. The Labute approximate surface area is 114 Å². The molecule has 3 rings (SSSR count). The first-order valence-corrected chi connectivity index (χ1v) is 6.85. The molecule has 0 bridgehead atoms. The SMILES string of the molecule is Cn1nc(-c2ccccc2)cc1[C@H]1[C@H](CN)C1(C)C. The summed E-state index contributed by atoms with van der Waals surface area (Å²) >= 11 is 0. The van der Waals surface area contributed by atoms with Gasteiger partial charge in [-0.25, -0.2) is 0 Å². The quantitative estimate of drug-likeness (QED) is 0.916. The maximum absolute atomic E-state index is 5.88. The minimum absolute atomic E-state index is 0.302. The first-order chi connectivity index (χ1) is 9.05. The van der Waals surface area contributed by atoms with E-state index in [-0.39, 0.29) is 0 Å². The van der Waals surface area contributed by atoms with E-state index < -0.39 is 0 Å². The van der Waals surface area contributed by atoms with Crippen LogP contribution in [0.4, 0.5) is 0 Å². The van der Waals surface area contributed by atoms with Gasteiger partial charge in [0.05, 0.1) is 5.69 Å². The van der Waals surface area contributed by atoms with Gasteiger partial charge in [0.15, 0.2) is 0 Å². The lowest BCUT2D eigenvalue weighted by Crippen LogP contribution is -2.05. The molecule has 3 nitrogen and oxygen atoms in total. The summed E-state index contributed by atoms with van der Waals surface area (Å²) in [5.41, 5.74) is 9.71. The van der Waals surface area contributed by atoms with E-state index in [2.05, 4.69) is 37.1 Å². The number of hydrogen-bond acceptors (Lipinski definition) is 2. The van der Waals surface area contributed by atoms with Gasteiger partial charge in [0.1, 0.15) is 0 Å². The first-order valence-electron chi connectivity index (χ1n) is 6.85. The predicted octanol–water partition coefficient (Wildman–Crippen LogP) is 2.79. The fraction of sp³-hybridized carbons (Fsp3) is 0.438. The fourth-order valence-corrected chi connectivity index (χ4v) is 3.29. The third-order valence-electron chi connectivity index (χ3n) is 4.61. The topological polar surface area (TPSA) is 43.8 Å². The normalized spacial score (nSPS) is 24.4. The molecule has 0 amide bonds. The van der Waals surface area contributed by atoms with Crippen LogP contribution in [-0.2, 0) is 7.05 Å². The van der Waals surface area contributed by atoms with Crippen molar-refractivity contribution < 1.29 is 0 Å². The largest absolute Gasteiger partial charge is 0.330 e. The van der Waals surface area contributed by atoms with Crippen molar-refractivity contribution in [3.05, 3.63) is 42.1 Å². The van der Waals surface area contributed by atoms with E-state index in [0.717, 1.165) is 12.2 Å². The second-order valence-electron chi connectivity index (χ2n) is 6.09. The lowest BCUT2D eigenvalue weighted by molar-refractivity contribution is 0.553. The molecular weight excluding hydrogens is 234 g/mol. The number of aryl methyl sites for hydroxylation is 1. The van der Waals surface area contributed by atoms with Crippen molar-refractivity contribution in [3.63, 3.8) is 0 Å². The average molecular weight is 255 g/mol. The highest BCUT2D eigenvalue weighted by atomic mass is 15.3. The predicted molar refractivity (Wildman–Crippen MR) is 77.7 cm³/mol. The van der Waals surface area contributed by atoms with Crippen LogP contribution in [0, 0.1) is 11.3 Å². The van der Waals surface area contributed by atoms with Gasteiger partial charge < -0.3 is 5.73 Å². The van der Waals surface area contributed by atoms with Crippen LogP contribution >= 0.6 is 0 Å². The Kier molecular flexibility index (Phi) is 2.75. The standard InChI is InChI=1S/C16H21N3/c1-16(2)12(10-17)15(16)14-9-13(18-19(14)3)11-7-5-4-6-8-11/h4-9,12,15H,10,17H2,1-3H3/t12-,15+/m0/s1.